The summed E-state index contributed by atoms with van der Waals surface area (Å²) in [7, 11) is 0. The van der Waals surface area contributed by atoms with Gasteiger partial charge in [-0.1, -0.05) is 23.7 Å². The van der Waals surface area contributed by atoms with Crippen molar-refractivity contribution < 1.29 is 17.9 Å². The van der Waals surface area contributed by atoms with Crippen molar-refractivity contribution in [3.63, 3.8) is 0 Å². The molecular weight excluding hydrogens is 307 g/mol. The molecule has 1 heterocycles. The van der Waals surface area contributed by atoms with Crippen LogP contribution in [-0.4, -0.2) is 34.1 Å². The van der Waals surface area contributed by atoms with E-state index in [1.54, 1.807) is 12.1 Å². The number of alkyl halides is 1. The molecule has 3 N–H and O–H groups in total. The predicted octanol–water partition coefficient (Wildman–Crippen LogP) is 1.55. The maximum Gasteiger partial charge on any atom is 0.147 e. The number of benzene rings is 1. The molecule has 1 saturated heterocycles. The Morgan fingerprint density at radius 3 is 2.55 bits per heavy atom. The quantitative estimate of drug-likeness (QED) is 0.826. The lowest BCUT2D eigenvalue weighted by Gasteiger charge is -2.29. The summed E-state index contributed by atoms with van der Waals surface area (Å²) in [5, 5.41) is 7.68. The summed E-state index contributed by atoms with van der Waals surface area (Å²) in [5.41, 5.74) is -1.22. The van der Waals surface area contributed by atoms with E-state index >= 15 is 0 Å². The summed E-state index contributed by atoms with van der Waals surface area (Å²) in [6.07, 6.45) is 0.995. The van der Waals surface area contributed by atoms with E-state index in [9.17, 15) is 4.39 Å². The fraction of sp³-hybridized carbons (Fsp3) is 0.500. The number of hydrogen-bond acceptors (Lipinski definition) is 4. The van der Waals surface area contributed by atoms with Gasteiger partial charge in [-0.15, -0.1) is 0 Å². The molecule has 0 aromatic heterocycles. The molecule has 1 aromatic rings. The van der Waals surface area contributed by atoms with Gasteiger partial charge in [0.25, 0.3) is 0 Å². The van der Waals surface area contributed by atoms with Crippen molar-refractivity contribution in [2.24, 2.45) is 5.14 Å². The third kappa shape index (κ3) is 6.62. The minimum Gasteiger partial charge on any atom is -0.760 e. The Morgan fingerprint density at radius 2 is 2.00 bits per heavy atom. The van der Waals surface area contributed by atoms with Gasteiger partial charge in [-0.2, -0.15) is 0 Å². The SMILES string of the molecule is FC1(COc2ccccc2Cl)CCNCC1.NS(=O)[O-]. The van der Waals surface area contributed by atoms with Gasteiger partial charge in [-0.05, 0) is 38.1 Å². The Bertz CT molecular complexity index is 440. The number of halogens is 2. The summed E-state index contributed by atoms with van der Waals surface area (Å²) in [4.78, 5) is 0. The lowest BCUT2D eigenvalue weighted by molar-refractivity contribution is 0.0540. The fourth-order valence-corrected chi connectivity index (χ4v) is 1.98. The minimum atomic E-state index is -2.36. The van der Waals surface area contributed by atoms with Crippen molar-refractivity contribution in [2.45, 2.75) is 18.5 Å². The Kier molecular flexibility index (Phi) is 7.39. The largest absolute Gasteiger partial charge is 0.760 e. The second-order valence-electron chi connectivity index (χ2n) is 4.38. The summed E-state index contributed by atoms with van der Waals surface area (Å²) in [6.45, 7) is 1.50. The van der Waals surface area contributed by atoms with E-state index in [0.717, 1.165) is 0 Å². The van der Waals surface area contributed by atoms with Crippen molar-refractivity contribution >= 4 is 22.9 Å². The summed E-state index contributed by atoms with van der Waals surface area (Å²) in [6, 6.07) is 7.15. The van der Waals surface area contributed by atoms with Gasteiger partial charge < -0.3 is 14.6 Å². The van der Waals surface area contributed by atoms with Crippen LogP contribution < -0.4 is 15.2 Å². The first-order chi connectivity index (χ1) is 9.43. The fourth-order valence-electron chi connectivity index (χ4n) is 1.79. The molecule has 0 bridgehead atoms. The van der Waals surface area contributed by atoms with Gasteiger partial charge in [0.15, 0.2) is 0 Å². The van der Waals surface area contributed by atoms with Gasteiger partial charge in [-0.25, -0.2) is 4.39 Å². The second-order valence-corrected chi connectivity index (χ2v) is 5.31. The van der Waals surface area contributed by atoms with Crippen molar-refractivity contribution in [1.29, 1.82) is 0 Å². The van der Waals surface area contributed by atoms with Gasteiger partial charge in [0.05, 0.1) is 5.02 Å². The monoisotopic (exact) mass is 323 g/mol. The average Bonchev–Trinajstić information content (AvgIpc) is 2.38. The summed E-state index contributed by atoms with van der Waals surface area (Å²) in [5.74, 6) is 0.555. The normalized spacial score (nSPS) is 18.6. The van der Waals surface area contributed by atoms with E-state index < -0.39 is 16.9 Å². The highest BCUT2D eigenvalue weighted by atomic mass is 35.5. The number of nitrogens with two attached hydrogens (primary N) is 1. The van der Waals surface area contributed by atoms with Gasteiger partial charge >= 0.3 is 0 Å². The molecule has 8 heteroatoms. The molecule has 0 radical (unpaired) electrons. The van der Waals surface area contributed by atoms with Crippen molar-refractivity contribution in [3.05, 3.63) is 29.3 Å². The standard InChI is InChI=1S/C12H15ClFNO.H3NO2S/c13-10-3-1-2-4-11(10)16-9-12(14)5-7-15-8-6-12;1-4(2)3/h1-4,15H,5-9H2;1H2,(H,2,3)/p-1. The Morgan fingerprint density at radius 1 is 1.45 bits per heavy atom. The van der Waals surface area contributed by atoms with Crippen molar-refractivity contribution in [1.82, 2.24) is 5.32 Å². The molecule has 1 fully saturated rings. The predicted molar refractivity (Wildman–Crippen MR) is 76.0 cm³/mol. The lowest BCUT2D eigenvalue weighted by atomic mass is 9.95. The topological polar surface area (TPSA) is 87.4 Å². The van der Waals surface area contributed by atoms with Crippen LogP contribution in [0, 0.1) is 0 Å². The first-order valence-electron chi connectivity index (χ1n) is 6.03. The summed E-state index contributed by atoms with van der Waals surface area (Å²) < 4.78 is 37.2. The van der Waals surface area contributed by atoms with Crippen LogP contribution in [0.25, 0.3) is 0 Å². The highest BCUT2D eigenvalue weighted by molar-refractivity contribution is 7.76. The first kappa shape index (κ1) is 17.3. The van der Waals surface area contributed by atoms with E-state index in [1.807, 2.05) is 12.1 Å². The van der Waals surface area contributed by atoms with Crippen molar-refractivity contribution in [3.8, 4) is 5.75 Å². The third-order valence-corrected chi connectivity index (χ3v) is 3.13. The number of nitrogens with one attached hydrogen (secondary N) is 1. The smallest absolute Gasteiger partial charge is 0.147 e. The molecule has 1 aliphatic heterocycles. The first-order valence-corrected chi connectivity index (χ1v) is 7.55. The van der Waals surface area contributed by atoms with Crippen LogP contribution in [0.3, 0.4) is 0 Å². The highest BCUT2D eigenvalue weighted by Gasteiger charge is 2.32. The lowest BCUT2D eigenvalue weighted by Crippen LogP contribution is -2.42. The van der Waals surface area contributed by atoms with Crippen LogP contribution in [0.2, 0.25) is 5.02 Å². The summed E-state index contributed by atoms with van der Waals surface area (Å²) >= 11 is 3.57. The Hall–Kier alpha value is -0.730. The number of rotatable bonds is 3. The number of ether oxygens (including phenoxy) is 1. The minimum absolute atomic E-state index is 0.0818. The molecule has 0 spiro atoms. The molecule has 0 saturated carbocycles. The molecule has 114 valence electrons. The van der Waals surface area contributed by atoms with Gasteiger partial charge in [0, 0.05) is 11.3 Å². The molecule has 1 aromatic carbocycles. The Balaban J connectivity index is 0.000000444. The van der Waals surface area contributed by atoms with Crippen LogP contribution in [0.4, 0.5) is 4.39 Å². The zero-order chi connectivity index (χ0) is 15.0. The molecule has 20 heavy (non-hydrogen) atoms. The maximum atomic E-state index is 14.2. The molecule has 1 unspecified atom stereocenters. The van der Waals surface area contributed by atoms with Gasteiger partial charge in [-0.3, -0.25) is 9.35 Å². The van der Waals surface area contributed by atoms with Gasteiger partial charge in [0.2, 0.25) is 0 Å². The second kappa shape index (κ2) is 8.53. The number of hydrogen-bond donors (Lipinski definition) is 2. The molecular formula is C12H17ClFN2O3S-. The zero-order valence-corrected chi connectivity index (χ0v) is 12.4. The highest BCUT2D eigenvalue weighted by Crippen LogP contribution is 2.28. The van der Waals surface area contributed by atoms with Crippen LogP contribution >= 0.6 is 11.6 Å². The van der Waals surface area contributed by atoms with Crippen LogP contribution in [0.1, 0.15) is 12.8 Å². The van der Waals surface area contributed by atoms with E-state index in [0.29, 0.717) is 36.7 Å². The molecule has 0 amide bonds. The molecule has 1 atom stereocenters. The molecule has 1 aliphatic rings. The van der Waals surface area contributed by atoms with Gasteiger partial charge in [0.1, 0.15) is 18.0 Å². The van der Waals surface area contributed by atoms with Crippen LogP contribution in [-0.2, 0) is 11.3 Å². The third-order valence-electron chi connectivity index (χ3n) is 2.82. The molecule has 2 rings (SSSR count). The number of piperidine rings is 1. The van der Waals surface area contributed by atoms with Crippen LogP contribution in [0.5, 0.6) is 5.75 Å². The van der Waals surface area contributed by atoms with E-state index in [-0.39, 0.29) is 6.61 Å². The Labute approximate surface area is 125 Å². The molecule has 0 aliphatic carbocycles. The average molecular weight is 324 g/mol. The van der Waals surface area contributed by atoms with Crippen molar-refractivity contribution in [2.75, 3.05) is 19.7 Å². The zero-order valence-electron chi connectivity index (χ0n) is 10.8. The van der Waals surface area contributed by atoms with E-state index in [2.05, 4.69) is 10.5 Å². The van der Waals surface area contributed by atoms with E-state index in [4.69, 9.17) is 25.1 Å². The van der Waals surface area contributed by atoms with Crippen LogP contribution in [0.15, 0.2) is 24.3 Å². The maximum absolute atomic E-state index is 14.2. The molecule has 5 nitrogen and oxygen atoms in total. The number of para-hydroxylation sites is 1. The van der Waals surface area contributed by atoms with E-state index in [1.165, 1.54) is 0 Å².